The first-order chi connectivity index (χ1) is 10.0. The molecule has 0 fully saturated rings. The Hall–Kier alpha value is -2.02. The van der Waals surface area contributed by atoms with Crippen molar-refractivity contribution in [1.82, 2.24) is 4.90 Å². The van der Waals surface area contributed by atoms with Crippen LogP contribution in [0, 0.1) is 10.1 Å². The van der Waals surface area contributed by atoms with E-state index < -0.39 is 23.7 Å². The van der Waals surface area contributed by atoms with E-state index in [0.717, 1.165) is 13.1 Å². The average molecular weight is 298 g/mol. The number of likely N-dealkylation sites (N-methyl/N-ethyl adjacent to an activating group) is 1. The quantitative estimate of drug-likeness (QED) is 0.419. The molecule has 0 spiro atoms. The Bertz CT molecular complexity index is 474. The molecule has 0 saturated heterocycles. The van der Waals surface area contributed by atoms with Crippen LogP contribution in [-0.2, 0) is 4.74 Å². The Kier molecular flexibility index (Phi) is 6.74. The van der Waals surface area contributed by atoms with Crippen molar-refractivity contribution >= 4 is 11.7 Å². The molecule has 1 aromatic rings. The highest BCUT2D eigenvalue weighted by Crippen LogP contribution is 2.13. The molecule has 1 rings (SSSR count). The maximum absolute atomic E-state index is 12.9. The van der Waals surface area contributed by atoms with E-state index in [9.17, 15) is 19.3 Å². The minimum Gasteiger partial charge on any atom is -0.455 e. The molecule has 0 saturated carbocycles. The number of hydrogen-bond donors (Lipinski definition) is 0. The van der Waals surface area contributed by atoms with Gasteiger partial charge in [0.25, 0.3) is 5.69 Å². The lowest BCUT2D eigenvalue weighted by molar-refractivity contribution is -0.384. The van der Waals surface area contributed by atoms with Gasteiger partial charge >= 0.3 is 5.97 Å². The fourth-order valence-corrected chi connectivity index (χ4v) is 1.83. The van der Waals surface area contributed by atoms with Crippen LogP contribution in [0.4, 0.5) is 10.1 Å². The van der Waals surface area contributed by atoms with E-state index in [1.807, 2.05) is 18.7 Å². The molecule has 1 atom stereocenters. The van der Waals surface area contributed by atoms with Gasteiger partial charge in [0.1, 0.15) is 12.8 Å². The second-order valence-electron chi connectivity index (χ2n) is 4.47. The van der Waals surface area contributed by atoms with Gasteiger partial charge in [-0.25, -0.2) is 9.18 Å². The third kappa shape index (κ3) is 5.11. The maximum atomic E-state index is 12.9. The maximum Gasteiger partial charge on any atom is 0.338 e. The van der Waals surface area contributed by atoms with E-state index in [1.165, 1.54) is 24.3 Å². The van der Waals surface area contributed by atoms with Crippen molar-refractivity contribution in [2.75, 3.05) is 26.3 Å². The lowest BCUT2D eigenvalue weighted by Crippen LogP contribution is -2.36. The number of halogens is 1. The van der Waals surface area contributed by atoms with Crippen LogP contribution in [0.2, 0.25) is 0 Å². The predicted octanol–water partition coefficient (Wildman–Crippen LogP) is 2.43. The first-order valence-corrected chi connectivity index (χ1v) is 6.75. The average Bonchev–Trinajstić information content (AvgIpc) is 2.51. The molecule has 116 valence electrons. The summed E-state index contributed by atoms with van der Waals surface area (Å²) in [5.41, 5.74) is 0.0512. The predicted molar refractivity (Wildman–Crippen MR) is 76.1 cm³/mol. The Labute approximate surface area is 122 Å². The number of nitro benzene ring substituents is 1. The summed E-state index contributed by atoms with van der Waals surface area (Å²) in [6.45, 7) is 4.91. The second kappa shape index (κ2) is 8.31. The normalized spacial score (nSPS) is 12.2. The van der Waals surface area contributed by atoms with E-state index in [0.29, 0.717) is 6.54 Å². The van der Waals surface area contributed by atoms with E-state index >= 15 is 0 Å². The topological polar surface area (TPSA) is 72.7 Å². The Morgan fingerprint density at radius 3 is 2.33 bits per heavy atom. The molecule has 1 unspecified atom stereocenters. The largest absolute Gasteiger partial charge is 0.455 e. The number of hydrogen-bond acceptors (Lipinski definition) is 5. The highest BCUT2D eigenvalue weighted by atomic mass is 19.1. The number of nitro groups is 1. The van der Waals surface area contributed by atoms with Gasteiger partial charge in [-0.05, 0) is 25.2 Å². The summed E-state index contributed by atoms with van der Waals surface area (Å²) in [5, 5.41) is 10.5. The van der Waals surface area contributed by atoms with Crippen molar-refractivity contribution in [3.05, 3.63) is 39.9 Å². The number of esters is 1. The van der Waals surface area contributed by atoms with E-state index in [2.05, 4.69) is 0 Å². The number of nitrogens with zero attached hydrogens (tertiary/aromatic N) is 2. The van der Waals surface area contributed by atoms with Gasteiger partial charge in [-0.15, -0.1) is 0 Å². The number of carbonyl (C=O) groups excluding carboxylic acids is 1. The second-order valence-corrected chi connectivity index (χ2v) is 4.47. The summed E-state index contributed by atoms with van der Waals surface area (Å²) in [6, 6.07) is 5.03. The Morgan fingerprint density at radius 2 is 1.90 bits per heavy atom. The van der Waals surface area contributed by atoms with Gasteiger partial charge in [0.15, 0.2) is 0 Å². The minimum atomic E-state index is -0.840. The van der Waals surface area contributed by atoms with Crippen LogP contribution in [0.3, 0.4) is 0 Å². The van der Waals surface area contributed by atoms with Crippen LogP contribution < -0.4 is 0 Å². The summed E-state index contributed by atoms with van der Waals surface area (Å²) < 4.78 is 18.0. The summed E-state index contributed by atoms with van der Waals surface area (Å²) in [6.07, 6.45) is -0.840. The van der Waals surface area contributed by atoms with Gasteiger partial charge in [-0.2, -0.15) is 0 Å². The fraction of sp³-hybridized carbons (Fsp3) is 0.500. The molecule has 0 aliphatic carbocycles. The van der Waals surface area contributed by atoms with Gasteiger partial charge in [0.05, 0.1) is 10.5 Å². The summed E-state index contributed by atoms with van der Waals surface area (Å²) in [4.78, 5) is 23.8. The molecule has 0 heterocycles. The SMILES string of the molecule is CCN(CC)CC(CF)OC(=O)c1ccc([N+](=O)[O-])cc1. The van der Waals surface area contributed by atoms with Crippen molar-refractivity contribution in [3.63, 3.8) is 0 Å². The zero-order chi connectivity index (χ0) is 15.8. The number of non-ortho nitro benzene ring substituents is 1. The number of benzene rings is 1. The fourth-order valence-electron chi connectivity index (χ4n) is 1.83. The van der Waals surface area contributed by atoms with E-state index in [1.54, 1.807) is 0 Å². The lowest BCUT2D eigenvalue weighted by atomic mass is 10.2. The van der Waals surface area contributed by atoms with Gasteiger partial charge in [-0.3, -0.25) is 10.1 Å². The van der Waals surface area contributed by atoms with E-state index in [4.69, 9.17) is 4.74 Å². The molecule has 0 N–H and O–H groups in total. The molecule has 0 aliphatic rings. The molecule has 7 heteroatoms. The van der Waals surface area contributed by atoms with Gasteiger partial charge in [0.2, 0.25) is 0 Å². The molecule has 0 radical (unpaired) electrons. The number of rotatable bonds is 8. The first-order valence-electron chi connectivity index (χ1n) is 6.75. The van der Waals surface area contributed by atoms with Crippen LogP contribution in [0.25, 0.3) is 0 Å². The molecule has 0 aliphatic heterocycles. The Morgan fingerprint density at radius 1 is 1.33 bits per heavy atom. The molecular weight excluding hydrogens is 279 g/mol. The molecule has 21 heavy (non-hydrogen) atoms. The zero-order valence-electron chi connectivity index (χ0n) is 12.1. The van der Waals surface area contributed by atoms with Crippen LogP contribution >= 0.6 is 0 Å². The highest BCUT2D eigenvalue weighted by molar-refractivity contribution is 5.89. The number of ether oxygens (including phenoxy) is 1. The smallest absolute Gasteiger partial charge is 0.338 e. The molecule has 0 bridgehead atoms. The number of carbonyl (C=O) groups is 1. The first kappa shape index (κ1) is 17.0. The molecule has 1 aromatic carbocycles. The summed E-state index contributed by atoms with van der Waals surface area (Å²) in [5.74, 6) is -0.681. The third-order valence-electron chi connectivity index (χ3n) is 3.12. The van der Waals surface area contributed by atoms with E-state index in [-0.39, 0.29) is 11.3 Å². The van der Waals surface area contributed by atoms with Gasteiger partial charge in [0, 0.05) is 18.7 Å². The van der Waals surface area contributed by atoms with Crippen LogP contribution in [0.15, 0.2) is 24.3 Å². The lowest BCUT2D eigenvalue weighted by Gasteiger charge is -2.23. The van der Waals surface area contributed by atoms with Gasteiger partial charge in [-0.1, -0.05) is 13.8 Å². The van der Waals surface area contributed by atoms with Crippen LogP contribution in [0.1, 0.15) is 24.2 Å². The van der Waals surface area contributed by atoms with Crippen LogP contribution in [0.5, 0.6) is 0 Å². The Balaban J connectivity index is 2.67. The van der Waals surface area contributed by atoms with Crippen molar-refractivity contribution in [2.24, 2.45) is 0 Å². The highest BCUT2D eigenvalue weighted by Gasteiger charge is 2.19. The third-order valence-corrected chi connectivity index (χ3v) is 3.12. The summed E-state index contributed by atoms with van der Waals surface area (Å²) >= 11 is 0. The molecule has 6 nitrogen and oxygen atoms in total. The van der Waals surface area contributed by atoms with Gasteiger partial charge < -0.3 is 9.64 Å². The van der Waals surface area contributed by atoms with Crippen molar-refractivity contribution in [1.29, 1.82) is 0 Å². The van der Waals surface area contributed by atoms with Crippen molar-refractivity contribution < 1.29 is 18.8 Å². The summed E-state index contributed by atoms with van der Waals surface area (Å²) in [7, 11) is 0. The standard InChI is InChI=1S/C14H19FN2O4/c1-3-16(4-2)10-13(9-15)21-14(18)11-5-7-12(8-6-11)17(19)20/h5-8,13H,3-4,9-10H2,1-2H3. The van der Waals surface area contributed by atoms with Crippen molar-refractivity contribution in [3.8, 4) is 0 Å². The zero-order valence-corrected chi connectivity index (χ0v) is 12.1. The van der Waals surface area contributed by atoms with Crippen molar-refractivity contribution in [2.45, 2.75) is 20.0 Å². The monoisotopic (exact) mass is 298 g/mol. The number of alkyl halides is 1. The molecule has 0 amide bonds. The minimum absolute atomic E-state index is 0.114. The van der Waals surface area contributed by atoms with Crippen LogP contribution in [-0.4, -0.2) is 48.2 Å². The molecular formula is C14H19FN2O4. The molecule has 0 aromatic heterocycles.